The number of halogens is 1. The molecule has 11 nitrogen and oxygen atoms in total. The van der Waals surface area contributed by atoms with E-state index in [1.807, 2.05) is 17.0 Å². The number of hydrogen-bond donors (Lipinski definition) is 4. The molecule has 2 aromatic heterocycles. The molecule has 0 aliphatic carbocycles. The molecule has 0 unspecified atom stereocenters. The highest BCUT2D eigenvalue weighted by Crippen LogP contribution is 2.23. The van der Waals surface area contributed by atoms with E-state index in [2.05, 4.69) is 20.6 Å². The number of anilines is 2. The van der Waals surface area contributed by atoms with Crippen LogP contribution in [-0.4, -0.2) is 68.5 Å². The average Bonchev–Trinajstić information content (AvgIpc) is 2.95. The lowest BCUT2D eigenvalue weighted by Gasteiger charge is -2.31. The molecule has 41 heavy (non-hydrogen) atoms. The van der Waals surface area contributed by atoms with Crippen molar-refractivity contribution in [1.82, 2.24) is 14.9 Å². The predicted molar refractivity (Wildman–Crippen MR) is 156 cm³/mol. The van der Waals surface area contributed by atoms with Crippen molar-refractivity contribution < 1.29 is 29.4 Å². The summed E-state index contributed by atoms with van der Waals surface area (Å²) in [5, 5.41) is 22.9. The number of fused-ring (bicyclic) bond motifs is 2. The number of aliphatic hydroxyl groups excluding tert-OH is 1. The van der Waals surface area contributed by atoms with E-state index in [1.54, 1.807) is 18.3 Å². The monoisotopic (exact) mass is 583 g/mol. The van der Waals surface area contributed by atoms with Gasteiger partial charge < -0.3 is 25.7 Å². The third-order valence-electron chi connectivity index (χ3n) is 7.03. The number of amides is 3. The molecule has 0 atom stereocenters. The first kappa shape index (κ1) is 31.4. The lowest BCUT2D eigenvalue weighted by Crippen LogP contribution is -2.37. The summed E-state index contributed by atoms with van der Waals surface area (Å²) in [5.74, 6) is 0.717. The molecule has 3 amide bonds. The summed E-state index contributed by atoms with van der Waals surface area (Å²) in [4.78, 5) is 55.2. The van der Waals surface area contributed by atoms with Gasteiger partial charge in [0.2, 0.25) is 17.7 Å². The van der Waals surface area contributed by atoms with Gasteiger partial charge in [-0.25, -0.2) is 14.8 Å². The van der Waals surface area contributed by atoms with Crippen LogP contribution in [0.2, 0.25) is 0 Å². The van der Waals surface area contributed by atoms with Crippen molar-refractivity contribution in [2.24, 2.45) is 5.92 Å². The molecule has 0 aromatic carbocycles. The predicted octanol–water partition coefficient (Wildman–Crippen LogP) is 3.09. The van der Waals surface area contributed by atoms with E-state index >= 15 is 0 Å². The minimum Gasteiger partial charge on any atom is -0.478 e. The maximum absolute atomic E-state index is 12.3. The Morgan fingerprint density at radius 2 is 1.39 bits per heavy atom. The first-order valence-electron chi connectivity index (χ1n) is 13.4. The number of aromatic nitrogens is 2. The summed E-state index contributed by atoms with van der Waals surface area (Å²) < 4.78 is 0. The fourth-order valence-electron chi connectivity index (χ4n) is 4.80. The maximum atomic E-state index is 12.3. The number of aryl methyl sites for hydroxylation is 2. The number of carboxylic acid groups (broad SMARTS) is 1. The number of piperidine rings is 1. The molecule has 0 radical (unpaired) electrons. The third kappa shape index (κ3) is 9.22. The van der Waals surface area contributed by atoms with Gasteiger partial charge in [0.05, 0.1) is 0 Å². The van der Waals surface area contributed by atoms with Crippen molar-refractivity contribution >= 4 is 59.9 Å². The van der Waals surface area contributed by atoms with Crippen LogP contribution >= 0.6 is 12.4 Å². The van der Waals surface area contributed by atoms with Gasteiger partial charge in [-0.3, -0.25) is 14.4 Å². The quantitative estimate of drug-likeness (QED) is 0.377. The van der Waals surface area contributed by atoms with E-state index in [9.17, 15) is 19.2 Å². The van der Waals surface area contributed by atoms with E-state index in [-0.39, 0.29) is 36.7 Å². The number of aliphatic carboxylic acids is 1. The van der Waals surface area contributed by atoms with E-state index in [0.29, 0.717) is 43.2 Å². The van der Waals surface area contributed by atoms with Crippen molar-refractivity contribution in [1.29, 1.82) is 0 Å². The SMILES string of the molecule is Cl.O=C(O)/C=C/c1cnc2c(c1)CCC(=O)N2.O=C1CCc2cc(/C=C/C(=O)N3CCC(CCO)CC3)cnc2N1. The van der Waals surface area contributed by atoms with Gasteiger partial charge in [0.25, 0.3) is 0 Å². The summed E-state index contributed by atoms with van der Waals surface area (Å²) in [6.07, 6.45) is 14.1. The van der Waals surface area contributed by atoms with Crippen molar-refractivity contribution in [3.8, 4) is 0 Å². The summed E-state index contributed by atoms with van der Waals surface area (Å²) in [5.41, 5.74) is 3.53. The molecule has 0 saturated carbocycles. The van der Waals surface area contributed by atoms with Crippen LogP contribution in [0.15, 0.2) is 36.7 Å². The lowest BCUT2D eigenvalue weighted by molar-refractivity contribution is -0.131. The fraction of sp³-hybridized carbons (Fsp3) is 0.379. The van der Waals surface area contributed by atoms with Crippen molar-refractivity contribution in [3.05, 3.63) is 58.9 Å². The van der Waals surface area contributed by atoms with Crippen LogP contribution < -0.4 is 10.6 Å². The van der Waals surface area contributed by atoms with Crippen LogP contribution in [0.4, 0.5) is 11.6 Å². The Hall–Kier alpha value is -4.09. The zero-order valence-corrected chi connectivity index (χ0v) is 23.4. The molecule has 2 aromatic rings. The summed E-state index contributed by atoms with van der Waals surface area (Å²) in [6, 6.07) is 3.81. The number of nitrogens with one attached hydrogen (secondary N) is 2. The number of aliphatic hydroxyl groups is 1. The first-order valence-corrected chi connectivity index (χ1v) is 13.4. The van der Waals surface area contributed by atoms with Crippen molar-refractivity contribution in [2.75, 3.05) is 30.3 Å². The third-order valence-corrected chi connectivity index (χ3v) is 7.03. The van der Waals surface area contributed by atoms with E-state index < -0.39 is 5.97 Å². The van der Waals surface area contributed by atoms with Crippen molar-refractivity contribution in [3.63, 3.8) is 0 Å². The Balaban J connectivity index is 0.000000238. The molecule has 4 N–H and O–H groups in total. The van der Waals surface area contributed by atoms with Gasteiger partial charge in [0.15, 0.2) is 0 Å². The molecule has 5 rings (SSSR count). The second kappa shape index (κ2) is 15.1. The fourth-order valence-corrected chi connectivity index (χ4v) is 4.80. The van der Waals surface area contributed by atoms with Crippen LogP contribution in [0, 0.1) is 5.92 Å². The van der Waals surface area contributed by atoms with Gasteiger partial charge in [-0.15, -0.1) is 12.4 Å². The first-order chi connectivity index (χ1) is 19.3. The Bertz CT molecular complexity index is 1340. The number of hydrogen-bond acceptors (Lipinski definition) is 7. The van der Waals surface area contributed by atoms with Crippen LogP contribution in [0.3, 0.4) is 0 Å². The van der Waals surface area contributed by atoms with Gasteiger partial charge in [-0.2, -0.15) is 0 Å². The minimum absolute atomic E-state index is 0. The smallest absolute Gasteiger partial charge is 0.328 e. The Morgan fingerprint density at radius 3 is 1.88 bits per heavy atom. The standard InChI is InChI=1S/C18H23N3O3.C11H10N2O3.ClH/c22-10-7-13-5-8-21(9-6-13)17(24)4-1-14-11-15-2-3-16(23)20-18(15)19-12-14;14-9-3-2-8-5-7(1-4-10(15)16)6-12-11(8)13-9;/h1,4,11-13,22H,2-3,5-10H2,(H,19,20,23);1,4-6H,2-3H2,(H,15,16)(H,12,13,14);1H/b2*4-1+;. The highest BCUT2D eigenvalue weighted by Gasteiger charge is 2.21. The van der Waals surface area contributed by atoms with Gasteiger partial charge in [0, 0.05) is 57.1 Å². The lowest BCUT2D eigenvalue weighted by atomic mass is 9.94. The molecule has 5 heterocycles. The molecule has 12 heteroatoms. The number of carbonyl (C=O) groups is 4. The number of pyridine rings is 2. The van der Waals surface area contributed by atoms with Crippen LogP contribution in [-0.2, 0) is 32.0 Å². The van der Waals surface area contributed by atoms with Crippen LogP contribution in [0.1, 0.15) is 54.4 Å². The van der Waals surface area contributed by atoms with E-state index in [0.717, 1.165) is 60.7 Å². The van der Waals surface area contributed by atoms with Crippen molar-refractivity contribution in [2.45, 2.75) is 44.9 Å². The molecule has 3 aliphatic rings. The molecule has 218 valence electrons. The van der Waals surface area contributed by atoms with Gasteiger partial charge in [0.1, 0.15) is 11.6 Å². The second-order valence-corrected chi connectivity index (χ2v) is 9.93. The van der Waals surface area contributed by atoms with E-state index in [4.69, 9.17) is 10.2 Å². The second-order valence-electron chi connectivity index (χ2n) is 9.93. The molecule has 0 spiro atoms. The number of carboxylic acids is 1. The van der Waals surface area contributed by atoms with Gasteiger partial charge in [-0.1, -0.05) is 0 Å². The number of nitrogens with zero attached hydrogens (tertiary/aromatic N) is 3. The Morgan fingerprint density at radius 1 is 0.878 bits per heavy atom. The topological polar surface area (TPSA) is 162 Å². The number of rotatable bonds is 6. The van der Waals surface area contributed by atoms with E-state index in [1.165, 1.54) is 12.3 Å². The highest BCUT2D eigenvalue weighted by molar-refractivity contribution is 5.94. The molecule has 1 saturated heterocycles. The minimum atomic E-state index is -0.994. The Kier molecular flexibility index (Phi) is 11.5. The number of likely N-dealkylation sites (tertiary alicyclic amines) is 1. The maximum Gasteiger partial charge on any atom is 0.328 e. The molecule has 0 bridgehead atoms. The molecular formula is C29H34ClN5O6. The largest absolute Gasteiger partial charge is 0.478 e. The molecule has 3 aliphatic heterocycles. The summed E-state index contributed by atoms with van der Waals surface area (Å²) >= 11 is 0. The molecule has 1 fully saturated rings. The Labute approximate surface area is 244 Å². The normalized spacial score (nSPS) is 16.6. The summed E-state index contributed by atoms with van der Waals surface area (Å²) in [6.45, 7) is 1.73. The zero-order chi connectivity index (χ0) is 28.5. The van der Waals surface area contributed by atoms with Gasteiger partial charge >= 0.3 is 5.97 Å². The number of carbonyl (C=O) groups excluding carboxylic acids is 3. The summed E-state index contributed by atoms with van der Waals surface area (Å²) in [7, 11) is 0. The van der Waals surface area contributed by atoms with Gasteiger partial charge in [-0.05, 0) is 84.6 Å². The zero-order valence-electron chi connectivity index (χ0n) is 22.5. The van der Waals surface area contributed by atoms with Crippen LogP contribution in [0.5, 0.6) is 0 Å². The highest BCUT2D eigenvalue weighted by atomic mass is 35.5. The van der Waals surface area contributed by atoms with Crippen LogP contribution in [0.25, 0.3) is 12.2 Å². The molecular weight excluding hydrogens is 550 g/mol. The average molecular weight is 584 g/mol.